The zero-order valence-electron chi connectivity index (χ0n) is 8.98. The van der Waals surface area contributed by atoms with Crippen LogP contribution in [0.15, 0.2) is 0 Å². The molecule has 0 radical (unpaired) electrons. The van der Waals surface area contributed by atoms with E-state index in [1.807, 2.05) is 0 Å². The summed E-state index contributed by atoms with van der Waals surface area (Å²) in [4.78, 5) is 0. The van der Waals surface area contributed by atoms with Gasteiger partial charge >= 0.3 is 0 Å². The van der Waals surface area contributed by atoms with Gasteiger partial charge in [-0.2, -0.15) is 0 Å². The molecule has 2 rings (SSSR count). The van der Waals surface area contributed by atoms with Crippen LogP contribution in [0.2, 0.25) is 0 Å². The molecular weight excluding hydrogens is 144 g/mol. The lowest BCUT2D eigenvalue weighted by Crippen LogP contribution is -2.41. The lowest BCUT2D eigenvalue weighted by atomic mass is 9.55. The van der Waals surface area contributed by atoms with Crippen molar-refractivity contribution in [1.29, 1.82) is 0 Å². The Kier molecular flexibility index (Phi) is 1.63. The number of hydrogen-bond donors (Lipinski definition) is 0. The molecule has 0 spiro atoms. The summed E-state index contributed by atoms with van der Waals surface area (Å²) >= 11 is 0. The van der Waals surface area contributed by atoms with Gasteiger partial charge in [0.1, 0.15) is 0 Å². The Morgan fingerprint density at radius 1 is 1.17 bits per heavy atom. The monoisotopic (exact) mass is 166 g/mol. The van der Waals surface area contributed by atoms with Crippen LogP contribution in [0.1, 0.15) is 53.4 Å². The molecule has 0 heteroatoms. The lowest BCUT2D eigenvalue weighted by Gasteiger charge is -2.50. The molecule has 0 aliphatic heterocycles. The summed E-state index contributed by atoms with van der Waals surface area (Å²) in [6.45, 7) is 9.94. The van der Waals surface area contributed by atoms with E-state index in [4.69, 9.17) is 0 Å². The molecule has 2 aliphatic rings. The summed E-state index contributed by atoms with van der Waals surface area (Å²) in [5.74, 6) is 2.00. The van der Waals surface area contributed by atoms with Crippen LogP contribution in [0.5, 0.6) is 0 Å². The predicted molar refractivity (Wildman–Crippen MR) is 53.0 cm³/mol. The summed E-state index contributed by atoms with van der Waals surface area (Å²) in [7, 11) is 0. The van der Waals surface area contributed by atoms with Crippen LogP contribution in [0.25, 0.3) is 0 Å². The van der Waals surface area contributed by atoms with Crippen LogP contribution in [0, 0.1) is 22.7 Å². The highest BCUT2D eigenvalue weighted by Crippen LogP contribution is 2.62. The molecule has 0 aromatic carbocycles. The van der Waals surface area contributed by atoms with Gasteiger partial charge in [0.25, 0.3) is 0 Å². The van der Waals surface area contributed by atoms with Gasteiger partial charge in [0.2, 0.25) is 0 Å². The normalized spacial score (nSPS) is 51.0. The van der Waals surface area contributed by atoms with Crippen molar-refractivity contribution < 1.29 is 0 Å². The lowest BCUT2D eigenvalue weighted by molar-refractivity contribution is -0.00341. The third-order valence-electron chi connectivity index (χ3n) is 5.32. The fourth-order valence-electron chi connectivity index (χ4n) is 3.54. The van der Waals surface area contributed by atoms with Crippen molar-refractivity contribution in [3.63, 3.8) is 0 Å². The van der Waals surface area contributed by atoms with Gasteiger partial charge in [-0.3, -0.25) is 0 Å². The van der Waals surface area contributed by atoms with E-state index >= 15 is 0 Å². The van der Waals surface area contributed by atoms with E-state index in [1.54, 1.807) is 0 Å². The maximum Gasteiger partial charge on any atom is -0.0269 e. The van der Waals surface area contributed by atoms with E-state index < -0.39 is 0 Å². The van der Waals surface area contributed by atoms with Crippen molar-refractivity contribution in [3.8, 4) is 0 Å². The van der Waals surface area contributed by atoms with Crippen LogP contribution >= 0.6 is 0 Å². The summed E-state index contributed by atoms with van der Waals surface area (Å²) in [6, 6.07) is 0. The first-order valence-corrected chi connectivity index (χ1v) is 5.46. The van der Waals surface area contributed by atoms with Crippen molar-refractivity contribution in [1.82, 2.24) is 0 Å². The minimum Gasteiger partial charge on any atom is -0.0620 e. The van der Waals surface area contributed by atoms with E-state index in [2.05, 4.69) is 27.7 Å². The first kappa shape index (κ1) is 8.59. The average molecular weight is 166 g/mol. The third-order valence-corrected chi connectivity index (χ3v) is 5.32. The van der Waals surface area contributed by atoms with Crippen LogP contribution in [-0.2, 0) is 0 Å². The molecule has 2 aliphatic carbocycles. The highest BCUT2D eigenvalue weighted by atomic mass is 14.6. The molecule has 0 heterocycles. The van der Waals surface area contributed by atoms with Gasteiger partial charge in [0.05, 0.1) is 0 Å². The first-order valence-electron chi connectivity index (χ1n) is 5.46. The van der Waals surface area contributed by atoms with Gasteiger partial charge in [0, 0.05) is 0 Å². The molecule has 0 aromatic rings. The molecule has 0 amide bonds. The quantitative estimate of drug-likeness (QED) is 0.512. The van der Waals surface area contributed by atoms with Crippen molar-refractivity contribution in [2.75, 3.05) is 0 Å². The first-order chi connectivity index (χ1) is 5.46. The van der Waals surface area contributed by atoms with E-state index in [0.29, 0.717) is 10.8 Å². The van der Waals surface area contributed by atoms with E-state index in [1.165, 1.54) is 25.7 Å². The van der Waals surface area contributed by atoms with Gasteiger partial charge in [0.15, 0.2) is 0 Å². The second-order valence-corrected chi connectivity index (χ2v) is 6.03. The maximum absolute atomic E-state index is 2.52. The van der Waals surface area contributed by atoms with Crippen molar-refractivity contribution in [3.05, 3.63) is 0 Å². The van der Waals surface area contributed by atoms with Crippen LogP contribution in [0.3, 0.4) is 0 Å². The largest absolute Gasteiger partial charge is 0.0620 e. The molecule has 2 saturated carbocycles. The highest BCUT2D eigenvalue weighted by Gasteiger charge is 2.52. The fraction of sp³-hybridized carbons (Fsp3) is 1.00. The smallest absolute Gasteiger partial charge is 0.0269 e. The Hall–Kier alpha value is 0. The summed E-state index contributed by atoms with van der Waals surface area (Å²) in [6.07, 6.45) is 5.98. The average Bonchev–Trinajstić information content (AvgIpc) is 2.29. The SMILES string of the molecule is CC1C[C@H]2CCC(C)(C2)C1(C)C. The molecule has 0 aromatic heterocycles. The Morgan fingerprint density at radius 2 is 1.83 bits per heavy atom. The molecule has 0 N–H and O–H groups in total. The number of fused-ring (bicyclic) bond motifs is 2. The van der Waals surface area contributed by atoms with Crippen LogP contribution in [-0.4, -0.2) is 0 Å². The number of rotatable bonds is 0. The van der Waals surface area contributed by atoms with E-state index in [0.717, 1.165) is 11.8 Å². The van der Waals surface area contributed by atoms with Gasteiger partial charge < -0.3 is 0 Å². The third kappa shape index (κ3) is 0.900. The predicted octanol–water partition coefficient (Wildman–Crippen LogP) is 3.86. The van der Waals surface area contributed by atoms with Crippen molar-refractivity contribution in [2.45, 2.75) is 53.4 Å². The Bertz CT molecular complexity index is 189. The summed E-state index contributed by atoms with van der Waals surface area (Å²) < 4.78 is 0. The highest BCUT2D eigenvalue weighted by molar-refractivity contribution is 5.02. The molecule has 3 atom stereocenters. The molecule has 70 valence electrons. The van der Waals surface area contributed by atoms with Crippen LogP contribution in [0.4, 0.5) is 0 Å². The van der Waals surface area contributed by atoms with E-state index in [-0.39, 0.29) is 0 Å². The van der Waals surface area contributed by atoms with Gasteiger partial charge in [-0.25, -0.2) is 0 Å². The molecular formula is C12H22. The fourth-order valence-corrected chi connectivity index (χ4v) is 3.54. The Balaban J connectivity index is 2.32. The maximum atomic E-state index is 2.52. The molecule has 2 fully saturated rings. The molecule has 2 unspecified atom stereocenters. The second-order valence-electron chi connectivity index (χ2n) is 6.03. The second kappa shape index (κ2) is 2.27. The minimum atomic E-state index is 0.583. The molecule has 12 heavy (non-hydrogen) atoms. The standard InChI is InChI=1S/C12H22/c1-9-7-10-5-6-12(4,8-10)11(9,2)3/h9-10H,5-8H2,1-4H3/t9?,10-,12?/m1/s1. The molecule has 0 nitrogen and oxygen atoms in total. The number of hydrogen-bond acceptors (Lipinski definition) is 0. The zero-order chi connectivity index (χ0) is 8.98. The zero-order valence-corrected chi connectivity index (χ0v) is 8.98. The molecule has 0 saturated heterocycles. The van der Waals surface area contributed by atoms with E-state index in [9.17, 15) is 0 Å². The van der Waals surface area contributed by atoms with Gasteiger partial charge in [-0.15, -0.1) is 0 Å². The summed E-state index contributed by atoms with van der Waals surface area (Å²) in [5, 5.41) is 0. The topological polar surface area (TPSA) is 0 Å². The van der Waals surface area contributed by atoms with Crippen molar-refractivity contribution in [2.24, 2.45) is 22.7 Å². The Labute approximate surface area is 76.7 Å². The van der Waals surface area contributed by atoms with Crippen LogP contribution < -0.4 is 0 Å². The van der Waals surface area contributed by atoms with Gasteiger partial charge in [-0.05, 0) is 48.3 Å². The minimum absolute atomic E-state index is 0.583. The Morgan fingerprint density at radius 3 is 2.50 bits per heavy atom. The van der Waals surface area contributed by atoms with Gasteiger partial charge in [-0.1, -0.05) is 27.7 Å². The van der Waals surface area contributed by atoms with Crippen molar-refractivity contribution >= 4 is 0 Å². The molecule has 2 bridgehead atoms. The summed E-state index contributed by atoms with van der Waals surface area (Å²) in [5.41, 5.74) is 1.25.